The summed E-state index contributed by atoms with van der Waals surface area (Å²) in [4.78, 5) is 0. The lowest BCUT2D eigenvalue weighted by Gasteiger charge is -2.26. The van der Waals surface area contributed by atoms with Gasteiger partial charge in [-0.05, 0) is 29.8 Å². The fraction of sp³-hybridized carbons (Fsp3) is 0.0526. The van der Waals surface area contributed by atoms with E-state index in [0.29, 0.717) is 27.3 Å². The lowest BCUT2D eigenvalue weighted by atomic mass is 9.98. The molecule has 0 spiro atoms. The van der Waals surface area contributed by atoms with E-state index in [1.807, 2.05) is 48.5 Å². The Bertz CT molecular complexity index is 1060. The molecule has 1 aliphatic rings. The monoisotopic (exact) mass is 381 g/mol. The molecule has 0 bridgehead atoms. The van der Waals surface area contributed by atoms with Crippen LogP contribution in [0.25, 0.3) is 11.3 Å². The summed E-state index contributed by atoms with van der Waals surface area (Å²) in [5.41, 5.74) is 8.99. The highest BCUT2D eigenvalue weighted by Gasteiger charge is 2.30. The first kappa shape index (κ1) is 16.5. The third-order valence-electron chi connectivity index (χ3n) is 4.23. The minimum absolute atomic E-state index is 0.313. The Morgan fingerprint density at radius 3 is 2.54 bits per heavy atom. The molecule has 1 aliphatic heterocycles. The second kappa shape index (κ2) is 6.41. The summed E-state index contributed by atoms with van der Waals surface area (Å²) in [7, 11) is 0. The van der Waals surface area contributed by atoms with Crippen molar-refractivity contribution in [2.24, 2.45) is 5.73 Å². The molecule has 5 nitrogen and oxygen atoms in total. The first-order valence-corrected chi connectivity index (χ1v) is 8.60. The van der Waals surface area contributed by atoms with E-state index in [4.69, 9.17) is 34.0 Å². The summed E-state index contributed by atoms with van der Waals surface area (Å²) >= 11 is 12.1. The molecule has 1 atom stereocenters. The van der Waals surface area contributed by atoms with E-state index in [9.17, 15) is 5.26 Å². The third-order valence-corrected chi connectivity index (χ3v) is 4.72. The zero-order valence-electron chi connectivity index (χ0n) is 13.4. The molecular formula is C19H13Cl2N5. The molecule has 2 heterocycles. The molecule has 0 saturated heterocycles. The summed E-state index contributed by atoms with van der Waals surface area (Å²) in [6, 6.07) is 18.4. The Morgan fingerprint density at radius 1 is 1.08 bits per heavy atom. The minimum atomic E-state index is -0.448. The van der Waals surface area contributed by atoms with Gasteiger partial charge in [0.15, 0.2) is 0 Å². The number of nitrogens with one attached hydrogen (secondary N) is 1. The number of halogens is 2. The molecule has 2 aromatic carbocycles. The van der Waals surface area contributed by atoms with Crippen LogP contribution in [0.1, 0.15) is 11.6 Å². The molecule has 0 fully saturated rings. The maximum absolute atomic E-state index is 9.63. The molecule has 3 N–H and O–H groups in total. The van der Waals surface area contributed by atoms with Crippen LogP contribution in [-0.4, -0.2) is 9.78 Å². The van der Waals surface area contributed by atoms with Gasteiger partial charge in [-0.15, -0.1) is 0 Å². The summed E-state index contributed by atoms with van der Waals surface area (Å²) in [5.74, 6) is 1.02. The number of nitriles is 1. The zero-order chi connectivity index (χ0) is 18.3. The summed E-state index contributed by atoms with van der Waals surface area (Å²) < 4.78 is 1.75. The molecule has 3 aromatic rings. The minimum Gasteiger partial charge on any atom is -0.384 e. The van der Waals surface area contributed by atoms with E-state index in [-0.39, 0.29) is 0 Å². The van der Waals surface area contributed by atoms with Crippen LogP contribution >= 0.6 is 23.2 Å². The lowest BCUT2D eigenvalue weighted by molar-refractivity contribution is 0.588. The number of nitrogens with zero attached hydrogens (tertiary/aromatic N) is 3. The summed E-state index contributed by atoms with van der Waals surface area (Å²) in [6.45, 7) is 0. The van der Waals surface area contributed by atoms with Crippen molar-refractivity contribution < 1.29 is 0 Å². The standard InChI is InChI=1S/C19H13Cl2N5/c20-13-6-4-11(5-7-13)16-9-17-24-19(23)15(10-22)18(26(17)25-16)12-2-1-3-14(21)8-12/h1-9,18,24H,23H2. The molecule has 128 valence electrons. The second-order valence-electron chi connectivity index (χ2n) is 5.89. The van der Waals surface area contributed by atoms with E-state index >= 15 is 0 Å². The number of allylic oxidation sites excluding steroid dienone is 1. The van der Waals surface area contributed by atoms with Crippen molar-refractivity contribution in [2.45, 2.75) is 6.04 Å². The molecule has 0 amide bonds. The quantitative estimate of drug-likeness (QED) is 0.681. The van der Waals surface area contributed by atoms with Gasteiger partial charge in [-0.1, -0.05) is 47.5 Å². The summed E-state index contributed by atoms with van der Waals surface area (Å²) in [5, 5.41) is 18.6. The molecule has 1 unspecified atom stereocenters. The van der Waals surface area contributed by atoms with Crippen LogP contribution in [0.2, 0.25) is 10.0 Å². The van der Waals surface area contributed by atoms with Gasteiger partial charge in [-0.2, -0.15) is 10.4 Å². The first-order chi connectivity index (χ1) is 12.6. The number of fused-ring (bicyclic) bond motifs is 1. The van der Waals surface area contributed by atoms with Crippen molar-refractivity contribution in [3.05, 3.63) is 81.6 Å². The summed E-state index contributed by atoms with van der Waals surface area (Å²) in [6.07, 6.45) is 0. The zero-order valence-corrected chi connectivity index (χ0v) is 15.0. The van der Waals surface area contributed by atoms with Gasteiger partial charge in [0.25, 0.3) is 0 Å². The fourth-order valence-corrected chi connectivity index (χ4v) is 3.35. The van der Waals surface area contributed by atoms with Crippen molar-refractivity contribution in [3.8, 4) is 17.3 Å². The van der Waals surface area contributed by atoms with Crippen LogP contribution in [0.4, 0.5) is 5.82 Å². The topological polar surface area (TPSA) is 79.7 Å². The van der Waals surface area contributed by atoms with Gasteiger partial charge in [0.1, 0.15) is 23.7 Å². The van der Waals surface area contributed by atoms with Crippen molar-refractivity contribution in [1.29, 1.82) is 5.26 Å². The highest BCUT2D eigenvalue weighted by atomic mass is 35.5. The van der Waals surface area contributed by atoms with Gasteiger partial charge in [-0.3, -0.25) is 0 Å². The number of hydrogen-bond donors (Lipinski definition) is 2. The van der Waals surface area contributed by atoms with Crippen molar-refractivity contribution in [3.63, 3.8) is 0 Å². The number of hydrogen-bond acceptors (Lipinski definition) is 4. The fourth-order valence-electron chi connectivity index (χ4n) is 3.03. The maximum atomic E-state index is 9.63. The van der Waals surface area contributed by atoms with Crippen LogP contribution in [0.3, 0.4) is 0 Å². The average molecular weight is 382 g/mol. The van der Waals surface area contributed by atoms with Gasteiger partial charge in [-0.25, -0.2) is 4.68 Å². The van der Waals surface area contributed by atoms with Gasteiger partial charge in [0.05, 0.1) is 11.3 Å². The Labute approximate surface area is 160 Å². The van der Waals surface area contributed by atoms with Gasteiger partial charge >= 0.3 is 0 Å². The number of anilines is 1. The number of rotatable bonds is 2. The normalized spacial score (nSPS) is 16.0. The molecular weight excluding hydrogens is 369 g/mol. The second-order valence-corrected chi connectivity index (χ2v) is 6.76. The molecule has 0 saturated carbocycles. The highest BCUT2D eigenvalue weighted by Crippen LogP contribution is 2.37. The number of benzene rings is 2. The van der Waals surface area contributed by atoms with Gasteiger partial charge in [0, 0.05) is 21.7 Å². The van der Waals surface area contributed by atoms with Gasteiger partial charge in [0.2, 0.25) is 0 Å². The van der Waals surface area contributed by atoms with E-state index < -0.39 is 6.04 Å². The average Bonchev–Trinajstić information content (AvgIpc) is 3.04. The van der Waals surface area contributed by atoms with Crippen molar-refractivity contribution in [1.82, 2.24) is 9.78 Å². The molecule has 0 aliphatic carbocycles. The van der Waals surface area contributed by atoms with Crippen molar-refractivity contribution >= 4 is 29.0 Å². The lowest BCUT2D eigenvalue weighted by Crippen LogP contribution is -2.28. The first-order valence-electron chi connectivity index (χ1n) is 7.84. The van der Waals surface area contributed by atoms with E-state index in [1.54, 1.807) is 10.7 Å². The maximum Gasteiger partial charge on any atom is 0.131 e. The molecule has 26 heavy (non-hydrogen) atoms. The van der Waals surface area contributed by atoms with E-state index in [0.717, 1.165) is 16.8 Å². The molecule has 4 rings (SSSR count). The predicted molar refractivity (Wildman–Crippen MR) is 103 cm³/mol. The smallest absolute Gasteiger partial charge is 0.131 e. The SMILES string of the molecule is N#CC1=C(N)Nc2cc(-c3ccc(Cl)cc3)nn2C1c1cccc(Cl)c1. The van der Waals surface area contributed by atoms with Crippen LogP contribution < -0.4 is 11.1 Å². The van der Waals surface area contributed by atoms with Crippen LogP contribution in [0.5, 0.6) is 0 Å². The van der Waals surface area contributed by atoms with Crippen LogP contribution in [0.15, 0.2) is 66.0 Å². The van der Waals surface area contributed by atoms with E-state index in [2.05, 4.69) is 11.4 Å². The Balaban J connectivity index is 1.87. The Hall–Kier alpha value is -2.94. The number of nitrogens with two attached hydrogens (primary N) is 1. The van der Waals surface area contributed by atoms with Crippen LogP contribution in [0, 0.1) is 11.3 Å². The molecule has 0 radical (unpaired) electrons. The number of aromatic nitrogens is 2. The Kier molecular flexibility index (Phi) is 4.08. The molecule has 1 aromatic heterocycles. The van der Waals surface area contributed by atoms with E-state index in [1.165, 1.54) is 0 Å². The molecule has 7 heteroatoms. The third kappa shape index (κ3) is 2.80. The van der Waals surface area contributed by atoms with Gasteiger partial charge < -0.3 is 11.1 Å². The predicted octanol–water partition coefficient (Wildman–Crippen LogP) is 4.57. The largest absolute Gasteiger partial charge is 0.384 e. The van der Waals surface area contributed by atoms with Crippen molar-refractivity contribution in [2.75, 3.05) is 5.32 Å². The Morgan fingerprint density at radius 2 is 1.85 bits per heavy atom. The highest BCUT2D eigenvalue weighted by molar-refractivity contribution is 6.30. The van der Waals surface area contributed by atoms with Crippen LogP contribution in [-0.2, 0) is 0 Å².